The summed E-state index contributed by atoms with van der Waals surface area (Å²) in [5, 5.41) is 15.3. The maximum absolute atomic E-state index is 13.9. The number of aliphatic imine (C=N–C) groups is 1. The van der Waals surface area contributed by atoms with Crippen molar-refractivity contribution < 1.29 is 19.0 Å². The van der Waals surface area contributed by atoms with Gasteiger partial charge >= 0.3 is 5.97 Å². The maximum atomic E-state index is 13.9. The van der Waals surface area contributed by atoms with Crippen molar-refractivity contribution in [3.8, 4) is 5.75 Å². The molecule has 7 nitrogen and oxygen atoms in total. The molecule has 2 atom stereocenters. The molecule has 4 rings (SSSR count). The molecule has 2 aromatic carbocycles. The lowest BCUT2D eigenvalue weighted by Crippen LogP contribution is -2.38. The molecule has 0 saturated heterocycles. The molecule has 2 aromatic rings. The highest BCUT2D eigenvalue weighted by atomic mass is 19.1. The van der Waals surface area contributed by atoms with Crippen molar-refractivity contribution in [3.63, 3.8) is 0 Å². The predicted molar refractivity (Wildman–Crippen MR) is 110 cm³/mol. The number of carbonyl (C=O) groups is 1. The van der Waals surface area contributed by atoms with Crippen LogP contribution < -0.4 is 10.7 Å². The fourth-order valence-corrected chi connectivity index (χ4v) is 3.40. The lowest BCUT2D eigenvalue weighted by molar-refractivity contribution is -0.138. The third-order valence-electron chi connectivity index (χ3n) is 4.80. The lowest BCUT2D eigenvalue weighted by Gasteiger charge is -2.28. The van der Waals surface area contributed by atoms with Crippen LogP contribution in [0, 0.1) is 5.82 Å². The Labute approximate surface area is 173 Å². The molecule has 0 amide bonds. The summed E-state index contributed by atoms with van der Waals surface area (Å²) in [6, 6.07) is 12.7. The molecule has 0 saturated carbocycles. The number of hydrazine groups is 1. The number of hydrogen-bond donors (Lipinski definition) is 3. The van der Waals surface area contributed by atoms with Crippen LogP contribution in [0.4, 0.5) is 4.39 Å². The second-order valence-electron chi connectivity index (χ2n) is 6.78. The largest absolute Gasteiger partial charge is 0.508 e. The molecule has 154 valence electrons. The molecule has 0 radical (unpaired) electrons. The molecular weight excluding hydrogens is 387 g/mol. The number of halogens is 1. The molecule has 2 aliphatic heterocycles. The minimum atomic E-state index is -0.521. The number of carbonyl (C=O) groups excluding carboxylic acids is 1. The Balaban J connectivity index is 1.60. The summed E-state index contributed by atoms with van der Waals surface area (Å²) >= 11 is 0. The molecule has 0 bridgehead atoms. The van der Waals surface area contributed by atoms with Gasteiger partial charge in [-0.2, -0.15) is 0 Å². The van der Waals surface area contributed by atoms with E-state index in [2.05, 4.69) is 15.7 Å². The van der Waals surface area contributed by atoms with Crippen LogP contribution in [0.15, 0.2) is 77.2 Å². The summed E-state index contributed by atoms with van der Waals surface area (Å²) in [7, 11) is 0. The van der Waals surface area contributed by atoms with Gasteiger partial charge in [0, 0.05) is 24.2 Å². The number of benzene rings is 2. The van der Waals surface area contributed by atoms with Gasteiger partial charge in [-0.25, -0.2) is 9.18 Å². The van der Waals surface area contributed by atoms with E-state index in [0.29, 0.717) is 16.8 Å². The molecule has 0 aromatic heterocycles. The molecule has 3 N–H and O–H groups in total. The monoisotopic (exact) mass is 408 g/mol. The van der Waals surface area contributed by atoms with Crippen molar-refractivity contribution in [1.82, 2.24) is 15.8 Å². The summed E-state index contributed by atoms with van der Waals surface area (Å²) < 4.78 is 19.0. The van der Waals surface area contributed by atoms with Crippen molar-refractivity contribution in [2.45, 2.75) is 19.1 Å². The summed E-state index contributed by atoms with van der Waals surface area (Å²) in [5.41, 5.74) is 5.25. The van der Waals surface area contributed by atoms with Crippen LogP contribution in [-0.4, -0.2) is 35.1 Å². The minimum Gasteiger partial charge on any atom is -0.508 e. The van der Waals surface area contributed by atoms with Crippen LogP contribution in [-0.2, 0) is 9.53 Å². The van der Waals surface area contributed by atoms with Gasteiger partial charge in [0.2, 0.25) is 0 Å². The van der Waals surface area contributed by atoms with Gasteiger partial charge in [0.1, 0.15) is 17.1 Å². The van der Waals surface area contributed by atoms with Crippen LogP contribution in [0.25, 0.3) is 0 Å². The van der Waals surface area contributed by atoms with E-state index in [1.807, 2.05) is 30.3 Å². The zero-order valence-corrected chi connectivity index (χ0v) is 16.2. The van der Waals surface area contributed by atoms with E-state index in [1.165, 1.54) is 18.2 Å². The van der Waals surface area contributed by atoms with E-state index in [-0.39, 0.29) is 12.4 Å². The van der Waals surface area contributed by atoms with Gasteiger partial charge in [-0.05, 0) is 30.7 Å². The van der Waals surface area contributed by atoms with Crippen LogP contribution >= 0.6 is 0 Å². The summed E-state index contributed by atoms with van der Waals surface area (Å²) in [6.45, 7) is 2.03. The summed E-state index contributed by atoms with van der Waals surface area (Å²) in [5.74, 6) is -0.887. The van der Waals surface area contributed by atoms with Crippen molar-refractivity contribution in [2.24, 2.45) is 4.99 Å². The Morgan fingerprint density at radius 3 is 2.90 bits per heavy atom. The third kappa shape index (κ3) is 3.84. The normalized spacial score (nSPS) is 18.1. The number of phenols is 1. The lowest BCUT2D eigenvalue weighted by atomic mass is 9.97. The number of fused-ring (bicyclic) bond motifs is 1. The van der Waals surface area contributed by atoms with E-state index in [0.717, 1.165) is 5.56 Å². The number of rotatable bonds is 6. The van der Waals surface area contributed by atoms with E-state index in [9.17, 15) is 14.3 Å². The summed E-state index contributed by atoms with van der Waals surface area (Å²) in [6.07, 6.45) is 4.40. The Morgan fingerprint density at radius 2 is 2.13 bits per heavy atom. The van der Waals surface area contributed by atoms with E-state index in [1.54, 1.807) is 30.5 Å². The number of nitrogens with one attached hydrogen (secondary N) is 2. The van der Waals surface area contributed by atoms with E-state index < -0.39 is 24.0 Å². The highest BCUT2D eigenvalue weighted by molar-refractivity contribution is 5.91. The number of hydrogen-bond acceptors (Lipinski definition) is 7. The van der Waals surface area contributed by atoms with Gasteiger partial charge in [-0.1, -0.05) is 30.3 Å². The van der Waals surface area contributed by atoms with Crippen molar-refractivity contribution in [2.75, 3.05) is 6.61 Å². The maximum Gasteiger partial charge on any atom is 0.339 e. The average Bonchev–Trinajstić information content (AvgIpc) is 3.18. The zero-order chi connectivity index (χ0) is 21.1. The van der Waals surface area contributed by atoms with Crippen molar-refractivity contribution in [1.29, 1.82) is 0 Å². The smallest absolute Gasteiger partial charge is 0.339 e. The topological polar surface area (TPSA) is 86.2 Å². The number of phenolic OH excluding ortho intramolecular Hbond substituents is 1. The number of ether oxygens (including phenoxy) is 1. The van der Waals surface area contributed by atoms with Crippen molar-refractivity contribution >= 4 is 12.2 Å². The van der Waals surface area contributed by atoms with Crippen LogP contribution in [0.5, 0.6) is 5.75 Å². The van der Waals surface area contributed by atoms with Gasteiger partial charge in [-0.3, -0.25) is 10.0 Å². The minimum absolute atomic E-state index is 0.0189. The summed E-state index contributed by atoms with van der Waals surface area (Å²) in [4.78, 5) is 16.5. The highest BCUT2D eigenvalue weighted by Gasteiger charge is 2.33. The zero-order valence-electron chi connectivity index (χ0n) is 16.2. The number of nitrogens with zero attached hydrogens (tertiary/aromatic N) is 2. The Hall–Kier alpha value is -3.81. The predicted octanol–water partition coefficient (Wildman–Crippen LogP) is 2.73. The molecule has 2 unspecified atom stereocenters. The first kappa shape index (κ1) is 19.5. The van der Waals surface area contributed by atoms with Crippen molar-refractivity contribution in [3.05, 3.63) is 89.1 Å². The first-order chi connectivity index (χ1) is 14.6. The molecule has 8 heteroatoms. The SMILES string of the molecule is CCOC(=O)C1=CNN2C=C(NC(c3ccccc3)c3cc(F)ccc3O)C=NC12. The van der Waals surface area contributed by atoms with E-state index in [4.69, 9.17) is 4.74 Å². The second kappa shape index (κ2) is 8.28. The fourth-order valence-electron chi connectivity index (χ4n) is 3.40. The first-order valence-corrected chi connectivity index (χ1v) is 9.53. The van der Waals surface area contributed by atoms with E-state index >= 15 is 0 Å². The number of esters is 1. The van der Waals surface area contributed by atoms with Crippen LogP contribution in [0.1, 0.15) is 24.1 Å². The van der Waals surface area contributed by atoms with Crippen LogP contribution in [0.3, 0.4) is 0 Å². The standard InChI is InChI=1S/C22H21FN4O3/c1-2-30-22(29)18-12-25-27-13-16(11-24-21(18)27)26-20(14-6-4-3-5-7-14)17-10-15(23)8-9-19(17)28/h3-13,20-21,25-26,28H,2H2,1H3. The number of aromatic hydroxyl groups is 1. The first-order valence-electron chi connectivity index (χ1n) is 9.53. The quantitative estimate of drug-likeness (QED) is 0.638. The van der Waals surface area contributed by atoms with Gasteiger partial charge in [0.15, 0.2) is 6.17 Å². The fraction of sp³-hybridized carbons (Fsp3) is 0.182. The second-order valence-corrected chi connectivity index (χ2v) is 6.78. The number of allylic oxidation sites excluding steroid dienone is 1. The highest BCUT2D eigenvalue weighted by Crippen LogP contribution is 2.31. The average molecular weight is 408 g/mol. The molecule has 0 fully saturated rings. The Bertz CT molecular complexity index is 1040. The molecular formula is C22H21FN4O3. The van der Waals surface area contributed by atoms with Gasteiger partial charge in [-0.15, -0.1) is 0 Å². The van der Waals surface area contributed by atoms with Gasteiger partial charge in [0.05, 0.1) is 18.3 Å². The van der Waals surface area contributed by atoms with Crippen LogP contribution in [0.2, 0.25) is 0 Å². The molecule has 30 heavy (non-hydrogen) atoms. The Morgan fingerprint density at radius 1 is 1.33 bits per heavy atom. The molecule has 0 aliphatic carbocycles. The molecule has 2 heterocycles. The molecule has 0 spiro atoms. The van der Waals surface area contributed by atoms with Gasteiger partial charge in [0.25, 0.3) is 0 Å². The molecule has 2 aliphatic rings. The third-order valence-corrected chi connectivity index (χ3v) is 4.80. The Kier molecular flexibility index (Phi) is 5.38. The van der Waals surface area contributed by atoms with Gasteiger partial charge < -0.3 is 20.6 Å².